The predicted molar refractivity (Wildman–Crippen MR) is 110 cm³/mol. The number of rotatable bonds is 4. The van der Waals surface area contributed by atoms with Crippen molar-refractivity contribution >= 4 is 21.8 Å². The summed E-state index contributed by atoms with van der Waals surface area (Å²) in [5.74, 6) is 0. The van der Waals surface area contributed by atoms with E-state index in [2.05, 4.69) is 25.5 Å². The third-order valence-corrected chi connectivity index (χ3v) is 5.89. The van der Waals surface area contributed by atoms with Gasteiger partial charge in [-0.05, 0) is 70.4 Å². The van der Waals surface area contributed by atoms with E-state index in [0.29, 0.717) is 6.04 Å². The van der Waals surface area contributed by atoms with Gasteiger partial charge in [-0.2, -0.15) is 0 Å². The van der Waals surface area contributed by atoms with Crippen LogP contribution in [0, 0.1) is 69.6 Å². The Morgan fingerprint density at radius 3 is 1.85 bits per heavy atom. The fraction of sp³-hybridized carbons (Fsp3) is 0.238. The maximum absolute atomic E-state index is 12.4. The average Bonchev–Trinajstić information content (AvgIpc) is 3.22. The van der Waals surface area contributed by atoms with Crippen LogP contribution in [0.1, 0.15) is 26.3 Å². The van der Waals surface area contributed by atoms with E-state index in [9.17, 15) is 8.42 Å². The Balaban J connectivity index is 0.000000526. The molecule has 6 heteroatoms. The predicted octanol–water partition coefficient (Wildman–Crippen LogP) is 4.51. The van der Waals surface area contributed by atoms with Gasteiger partial charge in [0.1, 0.15) is 0 Å². The summed E-state index contributed by atoms with van der Waals surface area (Å²) in [6.45, 7) is 8.23. The van der Waals surface area contributed by atoms with Gasteiger partial charge in [0, 0.05) is 4.75 Å². The second kappa shape index (κ2) is 11.3. The minimum Gasteiger partial charge on any atom is -0.207 e. The van der Waals surface area contributed by atoms with Crippen LogP contribution in [0.15, 0.2) is 29.2 Å². The first kappa shape index (κ1) is 25.0. The van der Waals surface area contributed by atoms with Crippen molar-refractivity contribution in [1.29, 1.82) is 0 Å². The number of sulfonamides is 1. The number of hydrogen-bond acceptors (Lipinski definition) is 3. The molecule has 144 valence electrons. The molecule has 2 fully saturated rings. The van der Waals surface area contributed by atoms with Crippen LogP contribution in [-0.2, 0) is 27.1 Å². The largest absolute Gasteiger partial charge is 2.00 e. The molecule has 0 spiro atoms. The molecule has 10 radical (unpaired) electrons. The van der Waals surface area contributed by atoms with Gasteiger partial charge in [0.05, 0.1) is 16.2 Å². The van der Waals surface area contributed by atoms with Crippen LogP contribution in [0.5, 0.6) is 0 Å². The van der Waals surface area contributed by atoms with Gasteiger partial charge in [0.2, 0.25) is 10.0 Å². The third-order valence-electron chi connectivity index (χ3n) is 3.32. The Morgan fingerprint density at radius 2 is 1.37 bits per heavy atom. The molecule has 0 heterocycles. The SMILES string of the molecule is Cc1ccc(S(=O)(=O)N[C]2[CH][CH][CH][C]2SC(C)(C)C)cc1.[CH]1[CH][CH][CH][CH]1.[Fe+2]. The first-order valence-corrected chi connectivity index (χ1v) is 10.7. The molecular formula is C21H25FeNO2S2+2. The van der Waals surface area contributed by atoms with Crippen molar-refractivity contribution in [3.8, 4) is 0 Å². The minimum absolute atomic E-state index is 0. The van der Waals surface area contributed by atoms with Crippen LogP contribution >= 0.6 is 11.8 Å². The zero-order valence-electron chi connectivity index (χ0n) is 15.9. The number of hydrogen-bond donors (Lipinski definition) is 1. The molecule has 0 atom stereocenters. The summed E-state index contributed by atoms with van der Waals surface area (Å²) >= 11 is 1.65. The normalized spacial score (nSPS) is 18.7. The van der Waals surface area contributed by atoms with Crippen LogP contribution in [0.4, 0.5) is 0 Å². The Kier molecular flexibility index (Phi) is 10.4. The first-order valence-electron chi connectivity index (χ1n) is 8.38. The van der Waals surface area contributed by atoms with Crippen LogP contribution in [0.3, 0.4) is 0 Å². The first-order chi connectivity index (χ1) is 12.2. The molecule has 0 bridgehead atoms. The van der Waals surface area contributed by atoms with Crippen molar-refractivity contribution in [2.75, 3.05) is 0 Å². The van der Waals surface area contributed by atoms with Gasteiger partial charge in [0.25, 0.3) is 0 Å². The zero-order valence-corrected chi connectivity index (χ0v) is 18.7. The Bertz CT molecular complexity index is 642. The van der Waals surface area contributed by atoms with E-state index < -0.39 is 10.0 Å². The molecule has 0 unspecified atom stereocenters. The molecule has 3 rings (SSSR count). The monoisotopic (exact) mass is 443 g/mol. The van der Waals surface area contributed by atoms with E-state index in [1.807, 2.05) is 51.9 Å². The van der Waals surface area contributed by atoms with Crippen molar-refractivity contribution in [3.63, 3.8) is 0 Å². The molecule has 0 amide bonds. The van der Waals surface area contributed by atoms with Gasteiger partial charge in [-0.25, -0.2) is 13.1 Å². The van der Waals surface area contributed by atoms with Crippen molar-refractivity contribution in [2.45, 2.75) is 37.3 Å². The number of aryl methyl sites for hydroxylation is 1. The quantitative estimate of drug-likeness (QED) is 0.697. The maximum Gasteiger partial charge on any atom is 2.00 e. The summed E-state index contributed by atoms with van der Waals surface area (Å²) in [4.78, 5) is 0.279. The van der Waals surface area contributed by atoms with E-state index in [-0.39, 0.29) is 26.7 Å². The molecule has 1 aromatic carbocycles. The second-order valence-electron chi connectivity index (χ2n) is 6.90. The summed E-state index contributed by atoms with van der Waals surface area (Å²) < 4.78 is 27.5. The van der Waals surface area contributed by atoms with Gasteiger partial charge in [-0.3, -0.25) is 0 Å². The maximum atomic E-state index is 12.4. The Labute approximate surface area is 181 Å². The number of benzene rings is 1. The smallest absolute Gasteiger partial charge is 0.207 e. The standard InChI is InChI=1S/C16H20NO2S2.C5H5.Fe/c1-12-8-10-13(11-9-12)21(18,19)17-14-6-5-7-15(14)20-16(2,3)4;1-2-4-5-3-1;/h5-11,17H,1-4H3;1-5H;/q;;+2. The van der Waals surface area contributed by atoms with Gasteiger partial charge in [-0.15, -0.1) is 11.8 Å². The van der Waals surface area contributed by atoms with E-state index in [0.717, 1.165) is 10.8 Å². The summed E-state index contributed by atoms with van der Waals surface area (Å²) in [6.07, 6.45) is 15.6. The van der Waals surface area contributed by atoms with Gasteiger partial charge >= 0.3 is 17.1 Å². The fourth-order valence-corrected chi connectivity index (χ4v) is 4.33. The van der Waals surface area contributed by atoms with Crippen molar-refractivity contribution in [3.05, 3.63) is 92.5 Å². The zero-order chi connectivity index (χ0) is 19.2. The Hall–Kier alpha value is -0.000519. The number of thioether (sulfide) groups is 1. The van der Waals surface area contributed by atoms with E-state index in [1.54, 1.807) is 42.4 Å². The molecule has 1 N–H and O–H groups in total. The molecule has 0 aromatic heterocycles. The molecule has 2 saturated carbocycles. The van der Waals surface area contributed by atoms with Crippen LogP contribution in [0.25, 0.3) is 0 Å². The second-order valence-corrected chi connectivity index (χ2v) is 10.5. The molecule has 2 aliphatic rings. The Morgan fingerprint density at radius 1 is 0.852 bits per heavy atom. The van der Waals surface area contributed by atoms with Crippen LogP contribution in [0.2, 0.25) is 0 Å². The number of nitrogens with one attached hydrogen (secondary N) is 1. The fourth-order valence-electron chi connectivity index (χ4n) is 2.15. The van der Waals surface area contributed by atoms with Crippen LogP contribution < -0.4 is 4.72 Å². The molecule has 0 aliphatic heterocycles. The topological polar surface area (TPSA) is 46.2 Å². The van der Waals surface area contributed by atoms with Crippen LogP contribution in [-0.4, -0.2) is 13.2 Å². The average molecular weight is 443 g/mol. The third kappa shape index (κ3) is 8.91. The van der Waals surface area contributed by atoms with E-state index >= 15 is 0 Å². The van der Waals surface area contributed by atoms with Gasteiger partial charge < -0.3 is 0 Å². The van der Waals surface area contributed by atoms with Crippen molar-refractivity contribution in [2.24, 2.45) is 0 Å². The van der Waals surface area contributed by atoms with Crippen molar-refractivity contribution in [1.82, 2.24) is 4.72 Å². The van der Waals surface area contributed by atoms with Gasteiger partial charge in [-0.1, -0.05) is 38.5 Å². The summed E-state index contributed by atoms with van der Waals surface area (Å²) in [5.41, 5.74) is 1.03. The summed E-state index contributed by atoms with van der Waals surface area (Å²) in [7, 11) is -3.54. The van der Waals surface area contributed by atoms with E-state index in [4.69, 9.17) is 0 Å². The molecule has 27 heavy (non-hydrogen) atoms. The van der Waals surface area contributed by atoms with Gasteiger partial charge in [0.15, 0.2) is 0 Å². The summed E-state index contributed by atoms with van der Waals surface area (Å²) in [5, 5.41) is 0.943. The molecule has 3 nitrogen and oxygen atoms in total. The van der Waals surface area contributed by atoms with Crippen molar-refractivity contribution < 1.29 is 25.5 Å². The summed E-state index contributed by atoms with van der Waals surface area (Å²) in [6, 6.07) is 7.47. The molecule has 1 aromatic rings. The van der Waals surface area contributed by atoms with E-state index in [1.165, 1.54) is 0 Å². The molecule has 0 saturated heterocycles. The minimum atomic E-state index is -3.54. The molecular weight excluding hydrogens is 418 g/mol. The molecule has 2 aliphatic carbocycles.